The number of para-hydroxylation sites is 1. The number of pyridine rings is 1. The first-order valence-corrected chi connectivity index (χ1v) is 8.30. The Kier molecular flexibility index (Phi) is 8.04. The van der Waals surface area contributed by atoms with Crippen molar-refractivity contribution in [1.82, 2.24) is 15.2 Å². The first-order chi connectivity index (χ1) is 12.2. The molecule has 1 atom stereocenters. The molecule has 1 saturated heterocycles. The number of aromatic nitrogens is 1. The van der Waals surface area contributed by atoms with Gasteiger partial charge in [0.15, 0.2) is 0 Å². The summed E-state index contributed by atoms with van der Waals surface area (Å²) < 4.78 is 11.0. The van der Waals surface area contributed by atoms with Gasteiger partial charge in [-0.1, -0.05) is 18.2 Å². The van der Waals surface area contributed by atoms with E-state index in [4.69, 9.17) is 9.47 Å². The molecule has 0 saturated carbocycles. The summed E-state index contributed by atoms with van der Waals surface area (Å²) in [7, 11) is 3.75. The van der Waals surface area contributed by atoms with Gasteiger partial charge < -0.3 is 19.6 Å². The highest BCUT2D eigenvalue weighted by atomic mass is 16.5. The molecule has 0 bridgehead atoms. The Bertz CT molecular complexity index is 620. The molecule has 25 heavy (non-hydrogen) atoms. The van der Waals surface area contributed by atoms with Gasteiger partial charge in [0.2, 0.25) is 0 Å². The molecule has 134 valence electrons. The van der Waals surface area contributed by atoms with E-state index in [1.165, 1.54) is 0 Å². The van der Waals surface area contributed by atoms with Crippen LogP contribution in [0.15, 0.2) is 48.7 Å². The van der Waals surface area contributed by atoms with Crippen LogP contribution >= 0.6 is 0 Å². The molecule has 1 aliphatic rings. The van der Waals surface area contributed by atoms with Crippen LogP contribution in [0, 0.1) is 0 Å². The molecule has 1 fully saturated rings. The Hall–Kier alpha value is -2.28. The molecular weight excluding hydrogens is 318 g/mol. The predicted octanol–water partition coefficient (Wildman–Crippen LogP) is 2.11. The topological polar surface area (TPSA) is 63.7 Å². The average Bonchev–Trinajstić information content (AvgIpc) is 2.65. The minimum atomic E-state index is -0.325. The lowest BCUT2D eigenvalue weighted by atomic mass is 10.2. The number of nitrogens with one attached hydrogen (secondary N) is 1. The summed E-state index contributed by atoms with van der Waals surface area (Å²) in [5.41, 5.74) is 0.951. The van der Waals surface area contributed by atoms with Gasteiger partial charge in [0.25, 0.3) is 0 Å². The summed E-state index contributed by atoms with van der Waals surface area (Å²) in [6.45, 7) is 2.72. The number of rotatable bonds is 5. The van der Waals surface area contributed by atoms with Gasteiger partial charge in [-0.25, -0.2) is 0 Å². The van der Waals surface area contributed by atoms with Crippen LogP contribution in [0.5, 0.6) is 11.5 Å². The standard InChI is InChI=1S/C17H18N2O3.C2H7N/c20-13-17-12-19(8-9-21-17)11-14-6-7-16(10-18-14)22-15-4-2-1-3-5-15;1-3-2/h1-7,10,13,17H,8-9,11-12H2;3H,1-2H3/t17-;/m0./s1. The molecule has 2 heterocycles. The molecule has 0 aliphatic carbocycles. The van der Waals surface area contributed by atoms with Crippen LogP contribution in [0.4, 0.5) is 0 Å². The van der Waals surface area contributed by atoms with E-state index >= 15 is 0 Å². The van der Waals surface area contributed by atoms with Crippen molar-refractivity contribution in [2.45, 2.75) is 12.6 Å². The van der Waals surface area contributed by atoms with Crippen molar-refractivity contribution >= 4 is 6.29 Å². The van der Waals surface area contributed by atoms with Crippen molar-refractivity contribution in [3.8, 4) is 11.5 Å². The zero-order chi connectivity index (χ0) is 17.9. The number of carbonyl (C=O) groups is 1. The highest BCUT2D eigenvalue weighted by Crippen LogP contribution is 2.20. The molecule has 0 spiro atoms. The quantitative estimate of drug-likeness (QED) is 0.839. The van der Waals surface area contributed by atoms with Crippen molar-refractivity contribution in [3.63, 3.8) is 0 Å². The Morgan fingerprint density at radius 2 is 2.00 bits per heavy atom. The minimum absolute atomic E-state index is 0.325. The maximum absolute atomic E-state index is 10.8. The van der Waals surface area contributed by atoms with Crippen molar-refractivity contribution in [1.29, 1.82) is 0 Å². The number of hydrogen-bond acceptors (Lipinski definition) is 6. The van der Waals surface area contributed by atoms with Gasteiger partial charge in [0, 0.05) is 19.6 Å². The minimum Gasteiger partial charge on any atom is -0.456 e. The molecular formula is C19H25N3O3. The third-order valence-electron chi connectivity index (χ3n) is 3.49. The zero-order valence-electron chi connectivity index (χ0n) is 14.7. The molecule has 1 N–H and O–H groups in total. The summed E-state index contributed by atoms with van der Waals surface area (Å²) in [6.07, 6.45) is 2.26. The number of aldehydes is 1. The van der Waals surface area contributed by atoms with Gasteiger partial charge in [-0.05, 0) is 38.4 Å². The fourth-order valence-electron chi connectivity index (χ4n) is 2.38. The maximum Gasteiger partial charge on any atom is 0.150 e. The molecule has 2 aromatic rings. The van der Waals surface area contributed by atoms with Gasteiger partial charge in [-0.15, -0.1) is 0 Å². The largest absolute Gasteiger partial charge is 0.456 e. The predicted molar refractivity (Wildman–Crippen MR) is 96.8 cm³/mol. The van der Waals surface area contributed by atoms with Crippen LogP contribution in [0.2, 0.25) is 0 Å². The van der Waals surface area contributed by atoms with E-state index in [-0.39, 0.29) is 6.10 Å². The number of ether oxygens (including phenoxy) is 2. The summed E-state index contributed by atoms with van der Waals surface area (Å²) in [5.74, 6) is 1.50. The molecule has 0 radical (unpaired) electrons. The highest BCUT2D eigenvalue weighted by molar-refractivity contribution is 5.56. The average molecular weight is 343 g/mol. The molecule has 0 unspecified atom stereocenters. The summed E-state index contributed by atoms with van der Waals surface area (Å²) in [6, 6.07) is 13.5. The van der Waals surface area contributed by atoms with Crippen molar-refractivity contribution in [2.24, 2.45) is 0 Å². The number of benzene rings is 1. The van der Waals surface area contributed by atoms with E-state index in [1.54, 1.807) is 6.20 Å². The van der Waals surface area contributed by atoms with Crippen LogP contribution in [-0.2, 0) is 16.1 Å². The second kappa shape index (κ2) is 10.6. The number of morpholine rings is 1. The first kappa shape index (κ1) is 19.1. The summed E-state index contributed by atoms with van der Waals surface area (Å²) in [4.78, 5) is 17.4. The Labute approximate surface area is 148 Å². The second-order valence-corrected chi connectivity index (χ2v) is 5.68. The van der Waals surface area contributed by atoms with Crippen LogP contribution in [-0.4, -0.2) is 56.1 Å². The van der Waals surface area contributed by atoms with Gasteiger partial charge in [0.1, 0.15) is 23.9 Å². The molecule has 1 aliphatic heterocycles. The van der Waals surface area contributed by atoms with Gasteiger partial charge in [-0.2, -0.15) is 0 Å². The second-order valence-electron chi connectivity index (χ2n) is 5.68. The lowest BCUT2D eigenvalue weighted by Gasteiger charge is -2.29. The zero-order valence-corrected chi connectivity index (χ0v) is 14.7. The molecule has 3 rings (SSSR count). The lowest BCUT2D eigenvalue weighted by Crippen LogP contribution is -2.42. The number of hydrogen-bond donors (Lipinski definition) is 1. The molecule has 0 amide bonds. The van der Waals surface area contributed by atoms with Crippen LogP contribution in [0.25, 0.3) is 0 Å². The Balaban J connectivity index is 0.000000701. The molecule has 6 heteroatoms. The Morgan fingerprint density at radius 3 is 2.64 bits per heavy atom. The third-order valence-corrected chi connectivity index (χ3v) is 3.49. The van der Waals surface area contributed by atoms with E-state index in [1.807, 2.05) is 56.6 Å². The van der Waals surface area contributed by atoms with Gasteiger partial charge in [0.05, 0.1) is 18.5 Å². The van der Waals surface area contributed by atoms with Gasteiger partial charge in [-0.3, -0.25) is 9.88 Å². The van der Waals surface area contributed by atoms with Crippen molar-refractivity contribution in [3.05, 3.63) is 54.4 Å². The van der Waals surface area contributed by atoms with Crippen LogP contribution in [0.3, 0.4) is 0 Å². The third kappa shape index (κ3) is 6.62. The monoisotopic (exact) mass is 343 g/mol. The van der Waals surface area contributed by atoms with Crippen LogP contribution < -0.4 is 10.1 Å². The van der Waals surface area contributed by atoms with E-state index in [0.29, 0.717) is 25.4 Å². The Morgan fingerprint density at radius 1 is 1.24 bits per heavy atom. The summed E-state index contributed by atoms with van der Waals surface area (Å²) >= 11 is 0. The fraction of sp³-hybridized carbons (Fsp3) is 0.368. The molecule has 1 aromatic heterocycles. The lowest BCUT2D eigenvalue weighted by molar-refractivity contribution is -0.123. The number of nitrogens with zero attached hydrogens (tertiary/aromatic N) is 2. The maximum atomic E-state index is 10.8. The molecule has 6 nitrogen and oxygen atoms in total. The smallest absolute Gasteiger partial charge is 0.150 e. The van der Waals surface area contributed by atoms with E-state index in [0.717, 1.165) is 24.3 Å². The fourth-order valence-corrected chi connectivity index (χ4v) is 2.38. The van der Waals surface area contributed by atoms with E-state index in [9.17, 15) is 4.79 Å². The molecule has 1 aromatic carbocycles. The van der Waals surface area contributed by atoms with Gasteiger partial charge >= 0.3 is 0 Å². The normalized spacial score (nSPS) is 17.3. The van der Waals surface area contributed by atoms with Crippen molar-refractivity contribution in [2.75, 3.05) is 33.8 Å². The van der Waals surface area contributed by atoms with E-state index < -0.39 is 0 Å². The van der Waals surface area contributed by atoms with E-state index in [2.05, 4.69) is 15.2 Å². The van der Waals surface area contributed by atoms with Crippen molar-refractivity contribution < 1.29 is 14.3 Å². The summed E-state index contributed by atoms with van der Waals surface area (Å²) in [5, 5.41) is 2.75. The number of carbonyl (C=O) groups excluding carboxylic acids is 1. The van der Waals surface area contributed by atoms with Crippen LogP contribution in [0.1, 0.15) is 5.69 Å². The first-order valence-electron chi connectivity index (χ1n) is 8.30. The SMILES string of the molecule is CNC.O=C[C@@H]1CN(Cc2ccc(Oc3ccccc3)cn2)CCO1. The highest BCUT2D eigenvalue weighted by Gasteiger charge is 2.19.